The second kappa shape index (κ2) is 10.2. The first-order chi connectivity index (χ1) is 22.3. The first-order valence-corrected chi connectivity index (χ1v) is 15.0. The van der Waals surface area contributed by atoms with E-state index in [2.05, 4.69) is 101 Å². The number of rotatable bonds is 4. The molecular weight excluding hydrogens is 550 g/mol. The number of aromatic nitrogens is 5. The predicted molar refractivity (Wildman–Crippen MR) is 183 cm³/mol. The summed E-state index contributed by atoms with van der Waals surface area (Å²) in [6, 6.07) is 46.2. The Morgan fingerprint density at radius 1 is 0.444 bits per heavy atom. The summed E-state index contributed by atoms with van der Waals surface area (Å²) >= 11 is 0. The molecule has 0 radical (unpaired) electrons. The number of nitrogens with zero attached hydrogens (tertiary/aromatic N) is 5. The van der Waals surface area contributed by atoms with Crippen LogP contribution in [0.5, 0.6) is 0 Å². The number of fused-ring (bicyclic) bond motifs is 6. The largest absolute Gasteiger partial charge is 0.294 e. The van der Waals surface area contributed by atoms with E-state index in [1.54, 1.807) is 6.20 Å². The maximum Gasteiger partial charge on any atom is 0.137 e. The Morgan fingerprint density at radius 2 is 1.18 bits per heavy atom. The van der Waals surface area contributed by atoms with Crippen LogP contribution < -0.4 is 0 Å². The molecule has 0 aliphatic heterocycles. The summed E-state index contributed by atoms with van der Waals surface area (Å²) in [5.41, 5.74) is 8.99. The van der Waals surface area contributed by atoms with Gasteiger partial charge in [0.15, 0.2) is 0 Å². The fraction of sp³-hybridized carbons (Fsp3) is 0. The van der Waals surface area contributed by atoms with Gasteiger partial charge in [-0.05, 0) is 77.0 Å². The highest BCUT2D eigenvalue weighted by molar-refractivity contribution is 6.21. The number of benzene rings is 4. The average molecular weight is 576 g/mol. The zero-order chi connectivity index (χ0) is 29.7. The summed E-state index contributed by atoms with van der Waals surface area (Å²) in [5, 5.41) is 5.95. The van der Waals surface area contributed by atoms with Crippen molar-refractivity contribution in [3.63, 3.8) is 0 Å². The molecule has 0 unspecified atom stereocenters. The maximum absolute atomic E-state index is 4.98. The van der Waals surface area contributed by atoms with Crippen LogP contribution in [0.3, 0.4) is 0 Å². The van der Waals surface area contributed by atoms with E-state index >= 15 is 0 Å². The Hall–Kier alpha value is -6.20. The van der Waals surface area contributed by atoms with Crippen LogP contribution in [0.4, 0.5) is 0 Å². The van der Waals surface area contributed by atoms with E-state index in [4.69, 9.17) is 15.0 Å². The Balaban J connectivity index is 1.19. The number of hydrogen-bond donors (Lipinski definition) is 0. The lowest BCUT2D eigenvalue weighted by atomic mass is 10.0. The van der Waals surface area contributed by atoms with E-state index in [9.17, 15) is 0 Å². The summed E-state index contributed by atoms with van der Waals surface area (Å²) in [6.45, 7) is 0. The van der Waals surface area contributed by atoms with Gasteiger partial charge in [0.25, 0.3) is 0 Å². The quantitative estimate of drug-likeness (QED) is 0.210. The molecule has 0 saturated heterocycles. The molecule has 5 heteroatoms. The molecule has 4 aromatic carbocycles. The van der Waals surface area contributed by atoms with Gasteiger partial charge < -0.3 is 0 Å². The van der Waals surface area contributed by atoms with Gasteiger partial charge in [0.1, 0.15) is 5.82 Å². The van der Waals surface area contributed by atoms with Crippen LogP contribution >= 0.6 is 0 Å². The summed E-state index contributed by atoms with van der Waals surface area (Å²) in [7, 11) is 0. The predicted octanol–water partition coefficient (Wildman–Crippen LogP) is 9.67. The number of para-hydroxylation sites is 1. The molecule has 0 amide bonds. The Kier molecular flexibility index (Phi) is 5.74. The molecule has 0 bridgehead atoms. The molecule has 5 aromatic heterocycles. The molecule has 9 aromatic rings. The lowest BCUT2D eigenvalue weighted by molar-refractivity contribution is 1.08. The molecule has 0 aliphatic rings. The van der Waals surface area contributed by atoms with Gasteiger partial charge in [-0.25, -0.2) is 9.97 Å². The van der Waals surface area contributed by atoms with Crippen LogP contribution in [0.25, 0.3) is 83.1 Å². The second-order valence-corrected chi connectivity index (χ2v) is 11.2. The summed E-state index contributed by atoms with van der Waals surface area (Å²) in [6.07, 6.45) is 5.65. The zero-order valence-corrected chi connectivity index (χ0v) is 24.2. The molecule has 0 atom stereocenters. The summed E-state index contributed by atoms with van der Waals surface area (Å²) < 4.78 is 2.26. The first-order valence-electron chi connectivity index (χ1n) is 15.0. The summed E-state index contributed by atoms with van der Waals surface area (Å²) in [4.78, 5) is 19.0. The lowest BCUT2D eigenvalue weighted by Crippen LogP contribution is -1.97. The first kappa shape index (κ1) is 25.3. The normalized spacial score (nSPS) is 11.6. The van der Waals surface area contributed by atoms with Crippen LogP contribution in [0.1, 0.15) is 0 Å². The highest BCUT2D eigenvalue weighted by Gasteiger charge is 2.17. The van der Waals surface area contributed by atoms with Crippen molar-refractivity contribution in [2.24, 2.45) is 0 Å². The average Bonchev–Trinajstić information content (AvgIpc) is 3.46. The van der Waals surface area contributed by atoms with Crippen molar-refractivity contribution in [3.05, 3.63) is 152 Å². The van der Waals surface area contributed by atoms with E-state index in [0.29, 0.717) is 0 Å². The fourth-order valence-corrected chi connectivity index (χ4v) is 6.34. The number of hydrogen-bond acceptors (Lipinski definition) is 4. The zero-order valence-electron chi connectivity index (χ0n) is 24.2. The molecule has 45 heavy (non-hydrogen) atoms. The highest BCUT2D eigenvalue weighted by Crippen LogP contribution is 2.38. The van der Waals surface area contributed by atoms with Gasteiger partial charge in [0.05, 0.1) is 33.6 Å². The van der Waals surface area contributed by atoms with Crippen molar-refractivity contribution in [2.45, 2.75) is 0 Å². The Bertz CT molecular complexity index is 2520. The third kappa shape index (κ3) is 4.25. The van der Waals surface area contributed by atoms with Crippen molar-refractivity contribution in [3.8, 4) is 39.6 Å². The standard InChI is InChI=1S/C40H25N5/c1-3-9-31-26(7-1)14-20-38-40(31)32-23-28(29-13-18-36(42-24-29)35-11-5-6-22-41-35)15-19-37(32)45(38)39-21-16-30(25-43-39)34-17-12-27-8-2-4-10-33(27)44-34/h1-25H. The minimum absolute atomic E-state index is 0.858. The van der Waals surface area contributed by atoms with Crippen molar-refractivity contribution < 1.29 is 0 Å². The van der Waals surface area contributed by atoms with Gasteiger partial charge in [0, 0.05) is 45.9 Å². The van der Waals surface area contributed by atoms with Gasteiger partial charge in [-0.1, -0.05) is 72.8 Å². The maximum atomic E-state index is 4.98. The number of pyridine rings is 4. The molecule has 5 nitrogen and oxygen atoms in total. The molecule has 210 valence electrons. The van der Waals surface area contributed by atoms with Crippen LogP contribution in [-0.4, -0.2) is 24.5 Å². The van der Waals surface area contributed by atoms with Gasteiger partial charge in [-0.3, -0.25) is 14.5 Å². The van der Waals surface area contributed by atoms with Crippen molar-refractivity contribution in [2.75, 3.05) is 0 Å². The minimum atomic E-state index is 0.858. The molecule has 0 saturated carbocycles. The second-order valence-electron chi connectivity index (χ2n) is 11.2. The Labute approximate surface area is 259 Å². The van der Waals surface area contributed by atoms with Crippen LogP contribution in [0.2, 0.25) is 0 Å². The molecule has 0 aliphatic carbocycles. The van der Waals surface area contributed by atoms with Crippen LogP contribution in [-0.2, 0) is 0 Å². The molecule has 0 fully saturated rings. The van der Waals surface area contributed by atoms with E-state index in [0.717, 1.165) is 61.5 Å². The fourth-order valence-electron chi connectivity index (χ4n) is 6.34. The van der Waals surface area contributed by atoms with Crippen molar-refractivity contribution in [1.82, 2.24) is 24.5 Å². The molecule has 0 spiro atoms. The van der Waals surface area contributed by atoms with Gasteiger partial charge in [0.2, 0.25) is 0 Å². The molecule has 9 rings (SSSR count). The third-order valence-corrected chi connectivity index (χ3v) is 8.55. The van der Waals surface area contributed by atoms with Gasteiger partial charge in [-0.15, -0.1) is 0 Å². The van der Waals surface area contributed by atoms with E-state index in [1.807, 2.05) is 54.9 Å². The van der Waals surface area contributed by atoms with Gasteiger partial charge in [-0.2, -0.15) is 0 Å². The minimum Gasteiger partial charge on any atom is -0.294 e. The topological polar surface area (TPSA) is 56.5 Å². The van der Waals surface area contributed by atoms with E-state index in [-0.39, 0.29) is 0 Å². The van der Waals surface area contributed by atoms with E-state index < -0.39 is 0 Å². The van der Waals surface area contributed by atoms with Crippen molar-refractivity contribution >= 4 is 43.5 Å². The molecule has 5 heterocycles. The lowest BCUT2D eigenvalue weighted by Gasteiger charge is -2.09. The van der Waals surface area contributed by atoms with E-state index in [1.165, 1.54) is 21.5 Å². The molecule has 0 N–H and O–H groups in total. The smallest absolute Gasteiger partial charge is 0.137 e. The van der Waals surface area contributed by atoms with Crippen molar-refractivity contribution in [1.29, 1.82) is 0 Å². The molecular formula is C40H25N5. The van der Waals surface area contributed by atoms with Crippen LogP contribution in [0, 0.1) is 0 Å². The van der Waals surface area contributed by atoms with Crippen LogP contribution in [0.15, 0.2) is 152 Å². The monoisotopic (exact) mass is 575 g/mol. The third-order valence-electron chi connectivity index (χ3n) is 8.55. The SMILES string of the molecule is c1ccc(-c2ccc(-c3ccc4c(c3)c3c5ccccc5ccc3n4-c3ccc(-c4ccc5ccccc5n4)cn3)cn2)nc1. The Morgan fingerprint density at radius 3 is 2.02 bits per heavy atom. The van der Waals surface area contributed by atoms with Gasteiger partial charge >= 0.3 is 0 Å². The summed E-state index contributed by atoms with van der Waals surface area (Å²) in [5.74, 6) is 0.865. The highest BCUT2D eigenvalue weighted by atomic mass is 15.1.